The number of nitrogens with zero attached hydrogens (tertiary/aromatic N) is 1. The highest BCUT2D eigenvalue weighted by molar-refractivity contribution is 5.91. The SMILES string of the molecule is CC1C=C(C2CC=C(N(C3=CC=C(C4=CC=CCC4)CC3)c3ccc4c5c(oc4c3)CCC=C5)C(C)C2)C=C(C2(C3C=CC=CC3)C3=C4CC(CC=CC4=CCC3)c3ccccc32)C1. The molecule has 2 aromatic carbocycles. The predicted octanol–water partition coefficient (Wildman–Crippen LogP) is 16.4. The van der Waals surface area contributed by atoms with Crippen LogP contribution in [-0.4, -0.2) is 0 Å². The van der Waals surface area contributed by atoms with Gasteiger partial charge >= 0.3 is 0 Å². The van der Waals surface area contributed by atoms with Gasteiger partial charge in [-0.05, 0) is 170 Å². The molecule has 0 saturated heterocycles. The predicted molar refractivity (Wildman–Crippen MR) is 268 cm³/mol. The molecule has 0 N–H and O–H groups in total. The van der Waals surface area contributed by atoms with Crippen molar-refractivity contribution in [2.45, 2.75) is 115 Å². The van der Waals surface area contributed by atoms with Crippen molar-refractivity contribution >= 4 is 22.7 Å². The summed E-state index contributed by atoms with van der Waals surface area (Å²) in [5.74, 6) is 3.40. The average molecular weight is 838 g/mol. The summed E-state index contributed by atoms with van der Waals surface area (Å²) in [5.41, 5.74) is 20.5. The third kappa shape index (κ3) is 6.73. The van der Waals surface area contributed by atoms with E-state index in [4.69, 9.17) is 4.42 Å². The van der Waals surface area contributed by atoms with Gasteiger partial charge in [0.15, 0.2) is 0 Å². The number of hydrogen-bond acceptors (Lipinski definition) is 2. The van der Waals surface area contributed by atoms with E-state index in [1.165, 1.54) is 44.8 Å². The van der Waals surface area contributed by atoms with Gasteiger partial charge in [-0.2, -0.15) is 0 Å². The third-order valence-corrected chi connectivity index (χ3v) is 16.5. The van der Waals surface area contributed by atoms with Gasteiger partial charge in [-0.1, -0.05) is 146 Å². The van der Waals surface area contributed by atoms with Crippen LogP contribution in [0.1, 0.15) is 126 Å². The summed E-state index contributed by atoms with van der Waals surface area (Å²) in [4.78, 5) is 2.64. The Morgan fingerprint density at radius 3 is 2.52 bits per heavy atom. The monoisotopic (exact) mass is 837 g/mol. The van der Waals surface area contributed by atoms with Crippen LogP contribution in [0.15, 0.2) is 195 Å². The largest absolute Gasteiger partial charge is 0.460 e. The molecule has 3 aromatic rings. The van der Waals surface area contributed by atoms with E-state index in [2.05, 4.69) is 165 Å². The lowest BCUT2D eigenvalue weighted by Gasteiger charge is -2.48. The lowest BCUT2D eigenvalue weighted by molar-refractivity contribution is 0.388. The van der Waals surface area contributed by atoms with Crippen LogP contribution < -0.4 is 4.90 Å². The first kappa shape index (κ1) is 40.0. The molecule has 2 nitrogen and oxygen atoms in total. The summed E-state index contributed by atoms with van der Waals surface area (Å²) in [6, 6.07) is 16.7. The first-order valence-electron chi connectivity index (χ1n) is 25.0. The van der Waals surface area contributed by atoms with Gasteiger partial charge in [0, 0.05) is 45.9 Å². The second-order valence-electron chi connectivity index (χ2n) is 20.4. The normalized spacial score (nSPS) is 29.3. The number of rotatable bonds is 7. The zero-order valence-electron chi connectivity index (χ0n) is 38.0. The zero-order chi connectivity index (χ0) is 42.8. The van der Waals surface area contributed by atoms with E-state index in [9.17, 15) is 0 Å². The van der Waals surface area contributed by atoms with Crippen molar-refractivity contribution in [2.24, 2.45) is 23.7 Å². The van der Waals surface area contributed by atoms with Crippen LogP contribution in [0.3, 0.4) is 0 Å². The van der Waals surface area contributed by atoms with E-state index in [0.717, 1.165) is 101 Å². The maximum Gasteiger partial charge on any atom is 0.137 e. The molecule has 2 bridgehead atoms. The molecule has 0 fully saturated rings. The second-order valence-corrected chi connectivity index (χ2v) is 20.4. The summed E-state index contributed by atoms with van der Waals surface area (Å²) < 4.78 is 6.61. The first-order valence-corrected chi connectivity index (χ1v) is 25.0. The minimum absolute atomic E-state index is 0.151. The van der Waals surface area contributed by atoms with Gasteiger partial charge in [0.25, 0.3) is 0 Å². The van der Waals surface area contributed by atoms with Gasteiger partial charge in [0.05, 0.1) is 0 Å². The highest BCUT2D eigenvalue weighted by Gasteiger charge is 2.51. The Labute approximate surface area is 381 Å². The average Bonchev–Trinajstić information content (AvgIpc) is 3.48. The quantitative estimate of drug-likeness (QED) is 0.236. The second kappa shape index (κ2) is 16.4. The lowest BCUT2D eigenvalue weighted by Crippen LogP contribution is -2.42. The highest BCUT2D eigenvalue weighted by Crippen LogP contribution is 2.60. The highest BCUT2D eigenvalue weighted by atomic mass is 16.3. The summed E-state index contributed by atoms with van der Waals surface area (Å²) in [7, 11) is 0. The number of benzene rings is 2. The van der Waals surface area contributed by atoms with Crippen LogP contribution in [0, 0.1) is 23.7 Å². The fourth-order valence-corrected chi connectivity index (χ4v) is 13.7. The van der Waals surface area contributed by atoms with E-state index in [1.807, 2.05) is 0 Å². The maximum absolute atomic E-state index is 6.61. The van der Waals surface area contributed by atoms with Crippen molar-refractivity contribution in [3.8, 4) is 0 Å². The van der Waals surface area contributed by atoms with E-state index < -0.39 is 0 Å². The Bertz CT molecular complexity index is 2840. The van der Waals surface area contributed by atoms with Gasteiger partial charge in [-0.15, -0.1) is 0 Å². The van der Waals surface area contributed by atoms with Crippen molar-refractivity contribution in [3.05, 3.63) is 213 Å². The van der Waals surface area contributed by atoms with Gasteiger partial charge < -0.3 is 9.32 Å². The number of furan rings is 1. The molecule has 0 spiro atoms. The number of allylic oxidation sites excluding steroid dienone is 25. The molecule has 9 aliphatic rings. The Morgan fingerprint density at radius 1 is 0.734 bits per heavy atom. The molecule has 0 aliphatic heterocycles. The molecule has 1 aromatic heterocycles. The molecule has 2 heteroatoms. The lowest BCUT2D eigenvalue weighted by atomic mass is 9.54. The summed E-state index contributed by atoms with van der Waals surface area (Å²) in [6.45, 7) is 5.00. The van der Waals surface area contributed by atoms with E-state index in [0.29, 0.717) is 29.6 Å². The van der Waals surface area contributed by atoms with Crippen LogP contribution in [0.5, 0.6) is 0 Å². The molecular formula is C62H63NO. The van der Waals surface area contributed by atoms with Gasteiger partial charge in [-0.3, -0.25) is 0 Å². The Hall–Kier alpha value is -5.60. The molecule has 0 amide bonds. The zero-order valence-corrected chi connectivity index (χ0v) is 38.0. The number of fused-ring (bicyclic) bond motifs is 6. The standard InChI is InChI=1S/C62H63NO/c1-41-35-48(38-50(36-41)62(49-20-7-4-8-21-49)57-24-11-9-22-53(57)47-19-13-17-45-18-14-25-58(62)56(45)39-47)46-29-34-59(42(2)37-46)63(51-30-27-44(28-31-51)43-15-5-3-6-16-43)52-32-33-55-54-23-10-12-26-60(54)64-61(55)40-52/h3-5,7-11,13,15,17-18,20,22-24,27,30,32-35,38,40-42,46-47,49H,6,12,14,16,19,21,25-26,28-29,31,36-37,39H2,1-2H3. The molecule has 322 valence electrons. The Balaban J connectivity index is 0.945. The van der Waals surface area contributed by atoms with Crippen LogP contribution >= 0.6 is 0 Å². The van der Waals surface area contributed by atoms with Crippen molar-refractivity contribution in [1.82, 2.24) is 0 Å². The Kier molecular flexibility index (Phi) is 10.3. The summed E-state index contributed by atoms with van der Waals surface area (Å²) in [6.07, 6.45) is 56.9. The molecule has 12 rings (SSSR count). The maximum atomic E-state index is 6.61. The van der Waals surface area contributed by atoms with Crippen molar-refractivity contribution in [2.75, 3.05) is 4.90 Å². The van der Waals surface area contributed by atoms with E-state index >= 15 is 0 Å². The fraction of sp³-hybridized carbons (Fsp3) is 0.355. The van der Waals surface area contributed by atoms with Crippen molar-refractivity contribution in [1.29, 1.82) is 0 Å². The first-order chi connectivity index (χ1) is 31.5. The van der Waals surface area contributed by atoms with Gasteiger partial charge in [-0.25, -0.2) is 0 Å². The number of hydrogen-bond donors (Lipinski definition) is 0. The topological polar surface area (TPSA) is 16.4 Å². The minimum atomic E-state index is -0.151. The van der Waals surface area contributed by atoms with Crippen molar-refractivity contribution < 1.29 is 4.42 Å². The van der Waals surface area contributed by atoms with Crippen LogP contribution in [0.4, 0.5) is 5.69 Å². The molecule has 0 radical (unpaired) electrons. The van der Waals surface area contributed by atoms with E-state index in [-0.39, 0.29) is 5.41 Å². The smallest absolute Gasteiger partial charge is 0.137 e. The van der Waals surface area contributed by atoms with Gasteiger partial charge in [0.1, 0.15) is 11.3 Å². The molecular weight excluding hydrogens is 775 g/mol. The molecule has 0 saturated carbocycles. The summed E-state index contributed by atoms with van der Waals surface area (Å²) >= 11 is 0. The van der Waals surface area contributed by atoms with Crippen LogP contribution in [-0.2, 0) is 11.8 Å². The minimum Gasteiger partial charge on any atom is -0.460 e. The third-order valence-electron chi connectivity index (χ3n) is 16.5. The van der Waals surface area contributed by atoms with Crippen molar-refractivity contribution in [3.63, 3.8) is 0 Å². The molecule has 64 heavy (non-hydrogen) atoms. The van der Waals surface area contributed by atoms with Crippen LogP contribution in [0.2, 0.25) is 0 Å². The fourth-order valence-electron chi connectivity index (χ4n) is 13.7. The molecule has 9 aliphatic carbocycles. The Morgan fingerprint density at radius 2 is 1.66 bits per heavy atom. The van der Waals surface area contributed by atoms with Crippen LogP contribution in [0.25, 0.3) is 17.0 Å². The van der Waals surface area contributed by atoms with E-state index in [1.54, 1.807) is 33.4 Å². The molecule has 6 unspecified atom stereocenters. The summed E-state index contributed by atoms with van der Waals surface area (Å²) in [5, 5.41) is 1.24. The number of aryl methyl sites for hydroxylation is 1. The molecule has 6 atom stereocenters. The molecule has 1 heterocycles. The van der Waals surface area contributed by atoms with Gasteiger partial charge in [0.2, 0.25) is 0 Å². The number of anilines is 1.